The van der Waals surface area contributed by atoms with Crippen LogP contribution in [0.4, 0.5) is 4.39 Å². The Morgan fingerprint density at radius 2 is 1.76 bits per heavy atom. The molecule has 0 aromatic heterocycles. The molecule has 6 heteroatoms. The molecule has 2 amide bonds. The number of rotatable bonds is 3. The summed E-state index contributed by atoms with van der Waals surface area (Å²) in [6.45, 7) is 2.12. The molecule has 0 spiro atoms. The molecular weight excluding hydrogens is 321 g/mol. The second kappa shape index (κ2) is 7.95. The lowest BCUT2D eigenvalue weighted by molar-refractivity contribution is -0.142. The van der Waals surface area contributed by atoms with Crippen molar-refractivity contribution in [3.8, 4) is 0 Å². The van der Waals surface area contributed by atoms with Crippen LogP contribution in [0.1, 0.15) is 31.2 Å². The highest BCUT2D eigenvalue weighted by molar-refractivity contribution is 5.81. The number of carbonyl (C=O) groups is 2. The Morgan fingerprint density at radius 1 is 1.08 bits per heavy atom. The second-order valence-electron chi connectivity index (χ2n) is 7.10. The highest BCUT2D eigenvalue weighted by atomic mass is 19.1. The Hall–Kier alpha value is -1.95. The van der Waals surface area contributed by atoms with E-state index in [1.165, 1.54) is 6.07 Å². The predicted octanol–water partition coefficient (Wildman–Crippen LogP) is 1.56. The van der Waals surface area contributed by atoms with Crippen molar-refractivity contribution in [3.63, 3.8) is 0 Å². The molecule has 136 valence electrons. The topological polar surface area (TPSA) is 66.6 Å². The summed E-state index contributed by atoms with van der Waals surface area (Å²) in [6, 6.07) is 6.49. The van der Waals surface area contributed by atoms with Crippen molar-refractivity contribution in [2.75, 3.05) is 26.2 Å². The van der Waals surface area contributed by atoms with E-state index in [4.69, 9.17) is 5.73 Å². The summed E-state index contributed by atoms with van der Waals surface area (Å²) in [5, 5.41) is 0. The molecule has 3 rings (SSSR count). The Balaban J connectivity index is 1.50. The second-order valence-corrected chi connectivity index (χ2v) is 7.10. The number of amides is 2. The van der Waals surface area contributed by atoms with Crippen LogP contribution in [-0.4, -0.2) is 53.8 Å². The van der Waals surface area contributed by atoms with Crippen molar-refractivity contribution in [2.24, 2.45) is 11.7 Å². The van der Waals surface area contributed by atoms with E-state index in [1.54, 1.807) is 23.1 Å². The van der Waals surface area contributed by atoms with E-state index in [2.05, 4.69) is 0 Å². The van der Waals surface area contributed by atoms with Crippen LogP contribution in [0.25, 0.3) is 0 Å². The summed E-state index contributed by atoms with van der Waals surface area (Å²) in [6.07, 6.45) is 3.77. The Kier molecular flexibility index (Phi) is 5.68. The first kappa shape index (κ1) is 17.9. The van der Waals surface area contributed by atoms with Crippen LogP contribution in [0.3, 0.4) is 0 Å². The average molecular weight is 347 g/mol. The minimum atomic E-state index is -0.349. The largest absolute Gasteiger partial charge is 0.339 e. The fraction of sp³-hybridized carbons (Fsp3) is 0.579. The number of benzene rings is 1. The number of halogens is 1. The van der Waals surface area contributed by atoms with Gasteiger partial charge in [-0.1, -0.05) is 24.6 Å². The minimum Gasteiger partial charge on any atom is -0.339 e. The van der Waals surface area contributed by atoms with Gasteiger partial charge in [-0.2, -0.15) is 0 Å². The van der Waals surface area contributed by atoms with Crippen molar-refractivity contribution in [2.45, 2.75) is 38.1 Å². The van der Waals surface area contributed by atoms with Crippen LogP contribution in [0.2, 0.25) is 0 Å². The van der Waals surface area contributed by atoms with Crippen molar-refractivity contribution >= 4 is 11.8 Å². The number of nitrogens with two attached hydrogens (primary N) is 1. The quantitative estimate of drug-likeness (QED) is 0.902. The molecule has 1 aromatic rings. The number of piperazine rings is 1. The van der Waals surface area contributed by atoms with Gasteiger partial charge in [0.15, 0.2) is 0 Å². The van der Waals surface area contributed by atoms with Crippen molar-refractivity contribution in [3.05, 3.63) is 35.6 Å². The Labute approximate surface area is 148 Å². The predicted molar refractivity (Wildman–Crippen MR) is 93.2 cm³/mol. The Morgan fingerprint density at radius 3 is 2.44 bits per heavy atom. The molecule has 0 bridgehead atoms. The molecule has 2 atom stereocenters. The number of hydrogen-bond donors (Lipinski definition) is 1. The van der Waals surface area contributed by atoms with Gasteiger partial charge in [-0.05, 0) is 30.9 Å². The lowest BCUT2D eigenvalue weighted by Gasteiger charge is -2.37. The number of carbonyl (C=O) groups excluding carboxylic acids is 2. The highest BCUT2D eigenvalue weighted by Gasteiger charge is 2.31. The van der Waals surface area contributed by atoms with Crippen molar-refractivity contribution < 1.29 is 14.0 Å². The fourth-order valence-corrected chi connectivity index (χ4v) is 3.80. The van der Waals surface area contributed by atoms with E-state index in [1.807, 2.05) is 4.90 Å². The lowest BCUT2D eigenvalue weighted by atomic mass is 9.85. The molecule has 2 N–H and O–H groups in total. The van der Waals surface area contributed by atoms with Gasteiger partial charge in [0, 0.05) is 38.1 Å². The van der Waals surface area contributed by atoms with E-state index < -0.39 is 0 Å². The molecule has 25 heavy (non-hydrogen) atoms. The van der Waals surface area contributed by atoms with Crippen LogP contribution in [0, 0.1) is 11.7 Å². The minimum absolute atomic E-state index is 0.0319. The summed E-state index contributed by atoms with van der Waals surface area (Å²) in [4.78, 5) is 28.6. The first-order chi connectivity index (χ1) is 12.0. The molecule has 1 saturated carbocycles. The fourth-order valence-electron chi connectivity index (χ4n) is 3.80. The molecule has 1 saturated heterocycles. The van der Waals surface area contributed by atoms with Crippen molar-refractivity contribution in [1.29, 1.82) is 0 Å². The highest BCUT2D eigenvalue weighted by Crippen LogP contribution is 2.25. The van der Waals surface area contributed by atoms with Gasteiger partial charge in [0.05, 0.1) is 6.42 Å². The van der Waals surface area contributed by atoms with Gasteiger partial charge in [0.1, 0.15) is 5.82 Å². The summed E-state index contributed by atoms with van der Waals surface area (Å²) < 4.78 is 13.7. The van der Waals surface area contributed by atoms with Gasteiger partial charge < -0.3 is 15.5 Å². The van der Waals surface area contributed by atoms with E-state index in [-0.39, 0.29) is 36.0 Å². The smallest absolute Gasteiger partial charge is 0.227 e. The van der Waals surface area contributed by atoms with E-state index in [9.17, 15) is 14.0 Å². The maximum absolute atomic E-state index is 13.7. The summed E-state index contributed by atoms with van der Waals surface area (Å²) >= 11 is 0. The van der Waals surface area contributed by atoms with Crippen molar-refractivity contribution in [1.82, 2.24) is 9.80 Å². The average Bonchev–Trinajstić information content (AvgIpc) is 2.63. The van der Waals surface area contributed by atoms with Gasteiger partial charge in [-0.25, -0.2) is 4.39 Å². The molecule has 2 fully saturated rings. The van der Waals surface area contributed by atoms with Crippen LogP contribution >= 0.6 is 0 Å². The monoisotopic (exact) mass is 347 g/mol. The molecule has 2 unspecified atom stereocenters. The van der Waals surface area contributed by atoms with Gasteiger partial charge in [-0.15, -0.1) is 0 Å². The number of hydrogen-bond acceptors (Lipinski definition) is 3. The molecule has 0 radical (unpaired) electrons. The van der Waals surface area contributed by atoms with Gasteiger partial charge in [0.2, 0.25) is 11.8 Å². The molecule has 5 nitrogen and oxygen atoms in total. The zero-order valence-corrected chi connectivity index (χ0v) is 14.5. The van der Waals surface area contributed by atoms with Crippen LogP contribution in [-0.2, 0) is 16.0 Å². The van der Waals surface area contributed by atoms with Crippen LogP contribution < -0.4 is 5.73 Å². The third kappa shape index (κ3) is 4.37. The third-order valence-corrected chi connectivity index (χ3v) is 5.31. The summed E-state index contributed by atoms with van der Waals surface area (Å²) in [5.74, 6) is -0.226. The van der Waals surface area contributed by atoms with E-state index in [0.717, 1.165) is 25.7 Å². The van der Waals surface area contributed by atoms with Gasteiger partial charge >= 0.3 is 0 Å². The zero-order valence-electron chi connectivity index (χ0n) is 14.5. The summed E-state index contributed by atoms with van der Waals surface area (Å²) in [7, 11) is 0. The van der Waals surface area contributed by atoms with Gasteiger partial charge in [-0.3, -0.25) is 9.59 Å². The first-order valence-corrected chi connectivity index (χ1v) is 9.10. The normalized spacial score (nSPS) is 24.2. The van der Waals surface area contributed by atoms with Crippen LogP contribution in [0.5, 0.6) is 0 Å². The van der Waals surface area contributed by atoms with Gasteiger partial charge in [0.25, 0.3) is 0 Å². The molecule has 2 aliphatic rings. The third-order valence-electron chi connectivity index (χ3n) is 5.31. The van der Waals surface area contributed by atoms with Crippen LogP contribution in [0.15, 0.2) is 24.3 Å². The molecular formula is C19H26FN3O2. The van der Waals surface area contributed by atoms with E-state index >= 15 is 0 Å². The SMILES string of the molecule is NC1CCCC(C(=O)N2CCN(C(=O)Cc3ccccc3F)CC2)C1. The zero-order chi connectivity index (χ0) is 17.8. The first-order valence-electron chi connectivity index (χ1n) is 9.10. The van der Waals surface area contributed by atoms with E-state index in [0.29, 0.717) is 31.7 Å². The maximum atomic E-state index is 13.7. The maximum Gasteiger partial charge on any atom is 0.227 e. The summed E-state index contributed by atoms with van der Waals surface area (Å²) in [5.41, 5.74) is 6.40. The molecule has 1 aliphatic carbocycles. The standard InChI is InChI=1S/C19H26FN3O2/c20-17-7-2-1-4-14(17)13-18(24)22-8-10-23(11-9-22)19(25)15-5-3-6-16(21)12-15/h1-2,4,7,15-16H,3,5-6,8-13,21H2. The molecule has 1 aromatic carbocycles. The Bertz CT molecular complexity index is 629. The molecule has 1 aliphatic heterocycles. The lowest BCUT2D eigenvalue weighted by Crippen LogP contribution is -2.53. The number of nitrogens with zero attached hydrogens (tertiary/aromatic N) is 2. The molecule has 1 heterocycles.